The van der Waals surface area contributed by atoms with Gasteiger partial charge in [-0.1, -0.05) is 0 Å². The van der Waals surface area contributed by atoms with Gasteiger partial charge in [-0.2, -0.15) is 0 Å². The molecule has 0 bridgehead atoms. The van der Waals surface area contributed by atoms with Crippen LogP contribution in [0.1, 0.15) is 6.42 Å². The zero-order chi connectivity index (χ0) is 10.7. The maximum Gasteiger partial charge on any atom is 0.327 e. The highest BCUT2D eigenvalue weighted by Gasteiger charge is 2.35. The first-order valence-electron chi connectivity index (χ1n) is 4.01. The van der Waals surface area contributed by atoms with Gasteiger partial charge in [-0.15, -0.1) is 0 Å². The Bertz CT molecular complexity index is 166. The Morgan fingerprint density at radius 3 is 2.43 bits per heavy atom. The van der Waals surface area contributed by atoms with Gasteiger partial charge in [-0.3, -0.25) is 0 Å². The minimum absolute atomic E-state index is 0.0708. The summed E-state index contributed by atoms with van der Waals surface area (Å²) in [6.07, 6.45) is -4.50. The summed E-state index contributed by atoms with van der Waals surface area (Å²) in [4.78, 5) is 16.9. The third-order valence-electron chi connectivity index (χ3n) is 1.90. The molecule has 1 aliphatic rings. The number of ether oxygens (including phenoxy) is 1. The fourth-order valence-corrected chi connectivity index (χ4v) is 1.49. The van der Waals surface area contributed by atoms with Gasteiger partial charge >= 0.3 is 8.60 Å². The van der Waals surface area contributed by atoms with E-state index >= 15 is 0 Å². The molecule has 0 radical (unpaired) electrons. The first-order chi connectivity index (χ1) is 6.50. The fraction of sp³-hybridized carbons (Fsp3) is 1.00. The summed E-state index contributed by atoms with van der Waals surface area (Å²) in [6, 6.07) is 0. The zero-order valence-corrected chi connectivity index (χ0v) is 8.12. The molecule has 5 N–H and O–H groups in total. The second-order valence-corrected chi connectivity index (χ2v) is 3.75. The fourth-order valence-electron chi connectivity index (χ4n) is 1.19. The van der Waals surface area contributed by atoms with Crippen LogP contribution in [0.25, 0.3) is 0 Å². The SMILES string of the molecule is OC1CC(COP(O)O)OC(O)C1O. The number of aliphatic hydroxyl groups is 3. The van der Waals surface area contributed by atoms with E-state index in [2.05, 4.69) is 4.52 Å². The Hall–Kier alpha value is 0.150. The summed E-state index contributed by atoms with van der Waals surface area (Å²) >= 11 is 0. The molecule has 1 rings (SSSR count). The average Bonchev–Trinajstić information content (AvgIpc) is 2.10. The standard InChI is InChI=1S/C6H13O7P/c7-4-1-3(2-12-14(10)11)13-6(9)5(4)8/h3-11H,1-2H2. The predicted molar refractivity (Wildman–Crippen MR) is 44.8 cm³/mol. The Labute approximate surface area is 81.5 Å². The van der Waals surface area contributed by atoms with E-state index in [1.807, 2.05) is 0 Å². The van der Waals surface area contributed by atoms with Crippen LogP contribution in [0.3, 0.4) is 0 Å². The van der Waals surface area contributed by atoms with E-state index in [-0.39, 0.29) is 13.0 Å². The molecule has 0 aliphatic carbocycles. The number of hydrogen-bond donors (Lipinski definition) is 5. The molecule has 1 fully saturated rings. The number of hydrogen-bond acceptors (Lipinski definition) is 7. The van der Waals surface area contributed by atoms with E-state index in [4.69, 9.17) is 24.7 Å². The van der Waals surface area contributed by atoms with Crippen molar-refractivity contribution < 1.29 is 34.4 Å². The Morgan fingerprint density at radius 1 is 1.29 bits per heavy atom. The lowest BCUT2D eigenvalue weighted by Crippen LogP contribution is -2.49. The molecule has 0 aromatic heterocycles. The summed E-state index contributed by atoms with van der Waals surface area (Å²) in [5.41, 5.74) is 0. The molecular formula is C6H13O7P. The van der Waals surface area contributed by atoms with Gasteiger partial charge in [-0.25, -0.2) is 0 Å². The molecule has 14 heavy (non-hydrogen) atoms. The third-order valence-corrected chi connectivity index (χ3v) is 2.28. The van der Waals surface area contributed by atoms with E-state index in [1.54, 1.807) is 0 Å². The molecule has 0 aromatic carbocycles. The Balaban J connectivity index is 2.34. The molecule has 1 heterocycles. The molecule has 4 atom stereocenters. The van der Waals surface area contributed by atoms with Crippen molar-refractivity contribution in [2.75, 3.05) is 6.61 Å². The van der Waals surface area contributed by atoms with Gasteiger partial charge in [0.15, 0.2) is 6.29 Å². The van der Waals surface area contributed by atoms with E-state index < -0.39 is 33.2 Å². The maximum absolute atomic E-state index is 9.22. The van der Waals surface area contributed by atoms with Crippen LogP contribution >= 0.6 is 8.60 Å². The summed E-state index contributed by atoms with van der Waals surface area (Å²) in [5.74, 6) is 0. The van der Waals surface area contributed by atoms with Crippen molar-refractivity contribution in [2.24, 2.45) is 0 Å². The van der Waals surface area contributed by atoms with Gasteiger partial charge in [0.1, 0.15) is 6.10 Å². The zero-order valence-electron chi connectivity index (χ0n) is 7.22. The third kappa shape index (κ3) is 3.38. The molecule has 0 saturated carbocycles. The lowest BCUT2D eigenvalue weighted by molar-refractivity contribution is -0.250. The predicted octanol–water partition coefficient (Wildman–Crippen LogP) is -1.96. The largest absolute Gasteiger partial charge is 0.390 e. The number of rotatable bonds is 3. The van der Waals surface area contributed by atoms with Crippen LogP contribution in [-0.2, 0) is 9.26 Å². The summed E-state index contributed by atoms with van der Waals surface area (Å²) in [5, 5.41) is 27.4. The Kier molecular flexibility index (Phi) is 4.62. The lowest BCUT2D eigenvalue weighted by atomic mass is 10.0. The van der Waals surface area contributed by atoms with Crippen LogP contribution in [0.4, 0.5) is 0 Å². The normalized spacial score (nSPS) is 39.0. The van der Waals surface area contributed by atoms with Gasteiger partial charge in [0, 0.05) is 6.42 Å². The van der Waals surface area contributed by atoms with E-state index in [9.17, 15) is 5.11 Å². The van der Waals surface area contributed by atoms with E-state index in [1.165, 1.54) is 0 Å². The van der Waals surface area contributed by atoms with Crippen LogP contribution in [0.2, 0.25) is 0 Å². The van der Waals surface area contributed by atoms with Crippen LogP contribution in [0.15, 0.2) is 0 Å². The highest BCUT2D eigenvalue weighted by molar-refractivity contribution is 7.39. The summed E-state index contributed by atoms with van der Waals surface area (Å²) in [7, 11) is -2.47. The topological polar surface area (TPSA) is 120 Å². The highest BCUT2D eigenvalue weighted by atomic mass is 31.2. The summed E-state index contributed by atoms with van der Waals surface area (Å²) < 4.78 is 9.29. The molecule has 4 unspecified atom stereocenters. The second-order valence-electron chi connectivity index (χ2n) is 2.99. The van der Waals surface area contributed by atoms with Crippen molar-refractivity contribution in [2.45, 2.75) is 31.0 Å². The minimum atomic E-state index is -2.47. The molecule has 1 aliphatic heterocycles. The van der Waals surface area contributed by atoms with Gasteiger partial charge in [0.05, 0.1) is 18.8 Å². The van der Waals surface area contributed by atoms with Crippen molar-refractivity contribution in [1.29, 1.82) is 0 Å². The lowest BCUT2D eigenvalue weighted by Gasteiger charge is -2.34. The van der Waals surface area contributed by atoms with E-state index in [0.717, 1.165) is 0 Å². The second kappa shape index (κ2) is 5.29. The molecule has 8 heteroatoms. The maximum atomic E-state index is 9.22. The van der Waals surface area contributed by atoms with Crippen LogP contribution in [0, 0.1) is 0 Å². The summed E-state index contributed by atoms with van der Waals surface area (Å²) in [6.45, 7) is -0.153. The highest BCUT2D eigenvalue weighted by Crippen LogP contribution is 2.27. The monoisotopic (exact) mass is 228 g/mol. The Morgan fingerprint density at radius 2 is 1.93 bits per heavy atom. The van der Waals surface area contributed by atoms with Crippen molar-refractivity contribution in [1.82, 2.24) is 0 Å². The van der Waals surface area contributed by atoms with Crippen LogP contribution < -0.4 is 0 Å². The van der Waals surface area contributed by atoms with Crippen molar-refractivity contribution in [3.63, 3.8) is 0 Å². The van der Waals surface area contributed by atoms with Crippen LogP contribution in [0.5, 0.6) is 0 Å². The van der Waals surface area contributed by atoms with Crippen molar-refractivity contribution in [3.05, 3.63) is 0 Å². The van der Waals surface area contributed by atoms with Gasteiger partial charge in [0.25, 0.3) is 0 Å². The van der Waals surface area contributed by atoms with Gasteiger partial charge < -0.3 is 34.4 Å². The van der Waals surface area contributed by atoms with Crippen LogP contribution in [-0.4, -0.2) is 56.3 Å². The first kappa shape index (κ1) is 12.2. The molecule has 7 nitrogen and oxygen atoms in total. The molecule has 0 spiro atoms. The first-order valence-corrected chi connectivity index (χ1v) is 5.17. The van der Waals surface area contributed by atoms with Crippen molar-refractivity contribution >= 4 is 8.60 Å². The molecule has 0 amide bonds. The molecule has 1 saturated heterocycles. The smallest absolute Gasteiger partial charge is 0.327 e. The van der Waals surface area contributed by atoms with Gasteiger partial charge in [-0.05, 0) is 0 Å². The molecule has 0 aromatic rings. The average molecular weight is 228 g/mol. The molecular weight excluding hydrogens is 215 g/mol. The number of aliphatic hydroxyl groups excluding tert-OH is 3. The van der Waals surface area contributed by atoms with E-state index in [0.29, 0.717) is 0 Å². The molecule has 84 valence electrons. The van der Waals surface area contributed by atoms with Gasteiger partial charge in [0.2, 0.25) is 0 Å². The minimum Gasteiger partial charge on any atom is -0.390 e. The quantitative estimate of drug-likeness (QED) is 0.356. The van der Waals surface area contributed by atoms with Crippen molar-refractivity contribution in [3.8, 4) is 0 Å².